The number of hydrogen-bond acceptors (Lipinski definition) is 2. The molecule has 0 fully saturated rings. The van der Waals surface area contributed by atoms with Gasteiger partial charge >= 0.3 is 0 Å². The molecule has 66 valence electrons. The summed E-state index contributed by atoms with van der Waals surface area (Å²) >= 11 is 5.31. The first kappa shape index (κ1) is 10.1. The standard InChI is InChI=1S/C8H8BrIO2/c9-4-5-12-7-3-1-2-6(11)8(7)10/h1-3,11H,4-5H2. The fraction of sp³-hybridized carbons (Fsp3) is 0.250. The highest BCUT2D eigenvalue weighted by Crippen LogP contribution is 2.28. The van der Waals surface area contributed by atoms with Crippen LogP contribution >= 0.6 is 38.5 Å². The van der Waals surface area contributed by atoms with Gasteiger partial charge in [-0.05, 0) is 34.7 Å². The third-order valence-electron chi connectivity index (χ3n) is 1.28. The van der Waals surface area contributed by atoms with Crippen molar-refractivity contribution in [2.24, 2.45) is 0 Å². The highest BCUT2D eigenvalue weighted by atomic mass is 127. The van der Waals surface area contributed by atoms with Crippen LogP contribution < -0.4 is 4.74 Å². The summed E-state index contributed by atoms with van der Waals surface area (Å²) in [7, 11) is 0. The molecular formula is C8H8BrIO2. The van der Waals surface area contributed by atoms with E-state index in [1.807, 2.05) is 6.07 Å². The monoisotopic (exact) mass is 342 g/mol. The molecule has 0 unspecified atom stereocenters. The third-order valence-corrected chi connectivity index (χ3v) is 2.69. The molecule has 4 heteroatoms. The van der Waals surface area contributed by atoms with Gasteiger partial charge in [0.15, 0.2) is 0 Å². The lowest BCUT2D eigenvalue weighted by atomic mass is 10.3. The SMILES string of the molecule is Oc1cccc(OCCBr)c1I. The van der Waals surface area contributed by atoms with Gasteiger partial charge in [0.2, 0.25) is 0 Å². The van der Waals surface area contributed by atoms with Crippen LogP contribution in [-0.2, 0) is 0 Å². The molecule has 0 aliphatic rings. The Labute approximate surface area is 93.2 Å². The number of rotatable bonds is 3. The lowest BCUT2D eigenvalue weighted by Gasteiger charge is -2.06. The van der Waals surface area contributed by atoms with E-state index in [0.29, 0.717) is 6.61 Å². The summed E-state index contributed by atoms with van der Waals surface area (Å²) < 4.78 is 6.11. The Hall–Kier alpha value is 0.0300. The van der Waals surface area contributed by atoms with Crippen molar-refractivity contribution in [3.63, 3.8) is 0 Å². The van der Waals surface area contributed by atoms with Gasteiger partial charge in [-0.1, -0.05) is 22.0 Å². The van der Waals surface area contributed by atoms with Gasteiger partial charge < -0.3 is 9.84 Å². The Balaban J connectivity index is 2.78. The molecule has 0 saturated heterocycles. The Morgan fingerprint density at radius 2 is 2.25 bits per heavy atom. The fourth-order valence-electron chi connectivity index (χ4n) is 0.759. The molecule has 0 saturated carbocycles. The molecule has 2 nitrogen and oxygen atoms in total. The van der Waals surface area contributed by atoms with Crippen LogP contribution in [0.3, 0.4) is 0 Å². The molecule has 0 atom stereocenters. The van der Waals surface area contributed by atoms with Gasteiger partial charge in [0.1, 0.15) is 11.5 Å². The van der Waals surface area contributed by atoms with Gasteiger partial charge in [-0.3, -0.25) is 0 Å². The lowest BCUT2D eigenvalue weighted by Crippen LogP contribution is -1.98. The second-order valence-corrected chi connectivity index (χ2v) is 4.00. The van der Waals surface area contributed by atoms with Crippen molar-refractivity contribution in [3.05, 3.63) is 21.8 Å². The van der Waals surface area contributed by atoms with E-state index in [9.17, 15) is 5.11 Å². The van der Waals surface area contributed by atoms with E-state index in [-0.39, 0.29) is 5.75 Å². The van der Waals surface area contributed by atoms with Gasteiger partial charge in [-0.15, -0.1) is 0 Å². The molecule has 1 aromatic carbocycles. The zero-order valence-electron chi connectivity index (χ0n) is 6.26. The van der Waals surface area contributed by atoms with Crippen molar-refractivity contribution in [1.82, 2.24) is 0 Å². The molecule has 0 aromatic heterocycles. The van der Waals surface area contributed by atoms with E-state index in [4.69, 9.17) is 4.74 Å². The molecule has 0 aliphatic carbocycles. The molecule has 0 heterocycles. The largest absolute Gasteiger partial charge is 0.507 e. The van der Waals surface area contributed by atoms with Crippen LogP contribution in [0, 0.1) is 3.57 Å². The predicted molar refractivity (Wildman–Crippen MR) is 60.1 cm³/mol. The summed E-state index contributed by atoms with van der Waals surface area (Å²) in [6.45, 7) is 0.611. The third kappa shape index (κ3) is 2.52. The van der Waals surface area contributed by atoms with E-state index >= 15 is 0 Å². The van der Waals surface area contributed by atoms with E-state index in [1.54, 1.807) is 12.1 Å². The number of aromatic hydroxyl groups is 1. The minimum atomic E-state index is 0.266. The van der Waals surface area contributed by atoms with Gasteiger partial charge in [0, 0.05) is 5.33 Å². The zero-order chi connectivity index (χ0) is 8.97. The van der Waals surface area contributed by atoms with E-state index < -0.39 is 0 Å². The smallest absolute Gasteiger partial charge is 0.136 e. The summed E-state index contributed by atoms with van der Waals surface area (Å²) in [5.74, 6) is 0.998. The molecule has 0 radical (unpaired) electrons. The number of phenolic OH excluding ortho intramolecular Hbond substituents is 1. The molecule has 1 aromatic rings. The minimum Gasteiger partial charge on any atom is -0.507 e. The van der Waals surface area contributed by atoms with E-state index in [2.05, 4.69) is 38.5 Å². The Bertz CT molecular complexity index is 265. The molecule has 0 amide bonds. The minimum absolute atomic E-state index is 0.266. The highest BCUT2D eigenvalue weighted by molar-refractivity contribution is 14.1. The van der Waals surface area contributed by atoms with Gasteiger partial charge in [0.05, 0.1) is 10.2 Å². The average molecular weight is 343 g/mol. The molecule has 0 aliphatic heterocycles. The topological polar surface area (TPSA) is 29.5 Å². The van der Waals surface area contributed by atoms with Crippen molar-refractivity contribution in [2.75, 3.05) is 11.9 Å². The molecule has 12 heavy (non-hydrogen) atoms. The molecule has 0 bridgehead atoms. The van der Waals surface area contributed by atoms with Crippen molar-refractivity contribution < 1.29 is 9.84 Å². The summed E-state index contributed by atoms with van der Waals surface area (Å²) in [6.07, 6.45) is 0. The average Bonchev–Trinajstić information content (AvgIpc) is 2.08. The normalized spacial score (nSPS) is 9.83. The van der Waals surface area contributed by atoms with Gasteiger partial charge in [-0.2, -0.15) is 0 Å². The number of ether oxygens (including phenoxy) is 1. The van der Waals surface area contributed by atoms with Crippen molar-refractivity contribution in [3.8, 4) is 11.5 Å². The van der Waals surface area contributed by atoms with Gasteiger partial charge in [0.25, 0.3) is 0 Å². The second kappa shape index (κ2) is 4.91. The second-order valence-electron chi connectivity index (χ2n) is 2.13. The maximum Gasteiger partial charge on any atom is 0.136 e. The van der Waals surface area contributed by atoms with Crippen LogP contribution in [0.25, 0.3) is 0 Å². The number of alkyl halides is 1. The van der Waals surface area contributed by atoms with Crippen LogP contribution in [0.4, 0.5) is 0 Å². The summed E-state index contributed by atoms with van der Waals surface area (Å²) in [6, 6.07) is 5.24. The van der Waals surface area contributed by atoms with E-state index in [1.165, 1.54) is 0 Å². The molecule has 1 rings (SSSR count). The number of phenols is 1. The fourth-order valence-corrected chi connectivity index (χ4v) is 1.44. The van der Waals surface area contributed by atoms with Crippen LogP contribution in [0.2, 0.25) is 0 Å². The van der Waals surface area contributed by atoms with Gasteiger partial charge in [-0.25, -0.2) is 0 Å². The predicted octanol–water partition coefficient (Wildman–Crippen LogP) is 2.77. The summed E-state index contributed by atoms with van der Waals surface area (Å²) in [5.41, 5.74) is 0. The first-order valence-corrected chi connectivity index (χ1v) is 5.62. The van der Waals surface area contributed by atoms with Crippen LogP contribution in [0.15, 0.2) is 18.2 Å². The zero-order valence-corrected chi connectivity index (χ0v) is 10.0. The van der Waals surface area contributed by atoms with Crippen LogP contribution in [0.1, 0.15) is 0 Å². The number of benzene rings is 1. The maximum atomic E-state index is 9.30. The molecule has 0 spiro atoms. The highest BCUT2D eigenvalue weighted by Gasteiger charge is 2.03. The van der Waals surface area contributed by atoms with E-state index in [0.717, 1.165) is 14.6 Å². The molecule has 1 N–H and O–H groups in total. The van der Waals surface area contributed by atoms with Crippen LogP contribution in [-0.4, -0.2) is 17.0 Å². The summed E-state index contributed by atoms with van der Waals surface area (Å²) in [5, 5.41) is 10.1. The first-order chi connectivity index (χ1) is 5.75. The number of halogens is 2. The first-order valence-electron chi connectivity index (χ1n) is 3.42. The quantitative estimate of drug-likeness (QED) is 0.676. The van der Waals surface area contributed by atoms with Crippen molar-refractivity contribution >= 4 is 38.5 Å². The summed E-state index contributed by atoms with van der Waals surface area (Å²) in [4.78, 5) is 0. The number of hydrogen-bond donors (Lipinski definition) is 1. The Morgan fingerprint density at radius 1 is 1.50 bits per heavy atom. The lowest BCUT2D eigenvalue weighted by molar-refractivity contribution is 0.339. The Morgan fingerprint density at radius 3 is 2.92 bits per heavy atom. The van der Waals surface area contributed by atoms with Crippen LogP contribution in [0.5, 0.6) is 11.5 Å². The van der Waals surface area contributed by atoms with Crippen molar-refractivity contribution in [1.29, 1.82) is 0 Å². The maximum absolute atomic E-state index is 9.30. The Kier molecular flexibility index (Phi) is 4.14. The molecular weight excluding hydrogens is 335 g/mol. The van der Waals surface area contributed by atoms with Crippen molar-refractivity contribution in [2.45, 2.75) is 0 Å².